The van der Waals surface area contributed by atoms with Gasteiger partial charge in [0.15, 0.2) is 0 Å². The second kappa shape index (κ2) is 3.34. The van der Waals surface area contributed by atoms with Gasteiger partial charge in [0.2, 0.25) is 0 Å². The summed E-state index contributed by atoms with van der Waals surface area (Å²) in [6.07, 6.45) is 0. The van der Waals surface area contributed by atoms with E-state index in [9.17, 15) is 0 Å². The van der Waals surface area contributed by atoms with Crippen molar-refractivity contribution in [1.82, 2.24) is 15.2 Å². The molecular weight excluding hydrogens is 272 g/mol. The molecule has 0 saturated carbocycles. The van der Waals surface area contributed by atoms with Crippen molar-refractivity contribution < 1.29 is 4.42 Å². The number of para-hydroxylation sites is 1. The maximum atomic E-state index is 5.38. The zero-order valence-corrected chi connectivity index (χ0v) is 9.65. The van der Waals surface area contributed by atoms with Crippen molar-refractivity contribution in [1.29, 1.82) is 0 Å². The summed E-state index contributed by atoms with van der Waals surface area (Å²) in [7, 11) is 0. The molecule has 0 fully saturated rings. The first-order chi connectivity index (χ1) is 7.74. The highest BCUT2D eigenvalue weighted by Gasteiger charge is 2.10. The van der Waals surface area contributed by atoms with E-state index in [-0.39, 0.29) is 6.01 Å². The number of nitrogens with two attached hydrogens (primary N) is 1. The Balaban J connectivity index is 2.22. The van der Waals surface area contributed by atoms with E-state index in [4.69, 9.17) is 10.2 Å². The Bertz CT molecular complexity index is 658. The van der Waals surface area contributed by atoms with Gasteiger partial charge in [-0.3, -0.25) is 0 Å². The summed E-state index contributed by atoms with van der Waals surface area (Å²) in [5.74, 6) is 0.389. The van der Waals surface area contributed by atoms with Crippen LogP contribution in [0.25, 0.3) is 22.5 Å². The van der Waals surface area contributed by atoms with Gasteiger partial charge >= 0.3 is 6.01 Å². The van der Waals surface area contributed by atoms with Crippen molar-refractivity contribution in [2.75, 3.05) is 5.73 Å². The van der Waals surface area contributed by atoms with Crippen LogP contribution in [-0.2, 0) is 0 Å². The van der Waals surface area contributed by atoms with Crippen LogP contribution in [0.4, 0.5) is 6.01 Å². The van der Waals surface area contributed by atoms with Crippen LogP contribution in [0.15, 0.2) is 33.2 Å². The number of nitrogens with zero attached hydrogens (tertiary/aromatic N) is 2. The molecule has 0 saturated heterocycles. The van der Waals surface area contributed by atoms with Gasteiger partial charge < -0.3 is 15.1 Å². The van der Waals surface area contributed by atoms with Crippen LogP contribution in [0.5, 0.6) is 0 Å². The van der Waals surface area contributed by atoms with E-state index in [1.54, 1.807) is 0 Å². The number of rotatable bonds is 1. The highest BCUT2D eigenvalue weighted by molar-refractivity contribution is 9.10. The molecule has 0 aliphatic carbocycles. The van der Waals surface area contributed by atoms with Crippen molar-refractivity contribution in [3.05, 3.63) is 28.7 Å². The Morgan fingerprint density at radius 3 is 2.88 bits per heavy atom. The highest BCUT2D eigenvalue weighted by Crippen LogP contribution is 2.28. The third-order valence-corrected chi connectivity index (χ3v) is 2.94. The molecule has 1 aromatic carbocycles. The summed E-state index contributed by atoms with van der Waals surface area (Å²) in [4.78, 5) is 3.19. The Labute approximate surface area is 98.8 Å². The molecule has 0 amide bonds. The number of H-pyrrole nitrogens is 1. The van der Waals surface area contributed by atoms with Gasteiger partial charge in [0, 0.05) is 9.86 Å². The third-order valence-electron chi connectivity index (χ3n) is 2.28. The fraction of sp³-hybridized carbons (Fsp3) is 0. The number of hydrogen-bond acceptors (Lipinski definition) is 4. The Kier molecular flexibility index (Phi) is 1.97. The minimum Gasteiger partial charge on any atom is -0.402 e. The summed E-state index contributed by atoms with van der Waals surface area (Å²) in [5, 5.41) is 8.51. The molecule has 16 heavy (non-hydrogen) atoms. The monoisotopic (exact) mass is 278 g/mol. The average Bonchev–Trinajstić information content (AvgIpc) is 2.84. The number of hydrogen-bond donors (Lipinski definition) is 2. The molecule has 0 bridgehead atoms. The number of fused-ring (bicyclic) bond motifs is 1. The molecule has 3 aromatic rings. The number of halogens is 1. The molecule has 0 unspecified atom stereocenters. The van der Waals surface area contributed by atoms with Gasteiger partial charge in [-0.1, -0.05) is 17.2 Å². The van der Waals surface area contributed by atoms with E-state index in [0.717, 1.165) is 21.1 Å². The lowest BCUT2D eigenvalue weighted by Crippen LogP contribution is -1.81. The number of anilines is 1. The van der Waals surface area contributed by atoms with Crippen LogP contribution < -0.4 is 5.73 Å². The number of benzene rings is 1. The van der Waals surface area contributed by atoms with E-state index in [0.29, 0.717) is 5.89 Å². The number of aromatic nitrogens is 3. The van der Waals surface area contributed by atoms with Gasteiger partial charge in [0.05, 0.1) is 5.52 Å². The van der Waals surface area contributed by atoms with Gasteiger partial charge in [-0.2, -0.15) is 0 Å². The molecule has 0 radical (unpaired) electrons. The highest BCUT2D eigenvalue weighted by atomic mass is 79.9. The van der Waals surface area contributed by atoms with Crippen LogP contribution in [0, 0.1) is 0 Å². The summed E-state index contributed by atoms with van der Waals surface area (Å²) >= 11 is 3.47. The lowest BCUT2D eigenvalue weighted by molar-refractivity contribution is 0.588. The van der Waals surface area contributed by atoms with Crippen molar-refractivity contribution in [2.24, 2.45) is 0 Å². The lowest BCUT2D eigenvalue weighted by Gasteiger charge is -1.91. The standard InChI is InChI=1S/C10H7BrN4O/c11-6-3-1-2-5-4-7(13-8(5)6)9-14-15-10(12)16-9/h1-4,13H,(H2,12,15). The van der Waals surface area contributed by atoms with E-state index < -0.39 is 0 Å². The SMILES string of the molecule is Nc1nnc(-c2cc3cccc(Br)c3[nH]2)o1. The largest absolute Gasteiger partial charge is 0.402 e. The van der Waals surface area contributed by atoms with Crippen molar-refractivity contribution in [2.45, 2.75) is 0 Å². The quantitative estimate of drug-likeness (QED) is 0.717. The van der Waals surface area contributed by atoms with Gasteiger partial charge in [0.25, 0.3) is 5.89 Å². The van der Waals surface area contributed by atoms with Gasteiger partial charge in [0.1, 0.15) is 5.69 Å². The predicted molar refractivity (Wildman–Crippen MR) is 63.7 cm³/mol. The van der Waals surface area contributed by atoms with Gasteiger partial charge in [-0.15, -0.1) is 5.10 Å². The van der Waals surface area contributed by atoms with Gasteiger partial charge in [-0.25, -0.2) is 0 Å². The van der Waals surface area contributed by atoms with E-state index >= 15 is 0 Å². The first-order valence-electron chi connectivity index (χ1n) is 4.60. The summed E-state index contributed by atoms with van der Waals surface area (Å²) < 4.78 is 6.14. The summed E-state index contributed by atoms with van der Waals surface area (Å²) in [5.41, 5.74) is 7.13. The number of aromatic amines is 1. The van der Waals surface area contributed by atoms with Crippen molar-refractivity contribution >= 4 is 32.8 Å². The molecule has 6 heteroatoms. The zero-order chi connectivity index (χ0) is 11.1. The maximum absolute atomic E-state index is 5.38. The minimum absolute atomic E-state index is 0.0627. The second-order valence-corrected chi connectivity index (χ2v) is 4.19. The normalized spacial score (nSPS) is 11.1. The zero-order valence-electron chi connectivity index (χ0n) is 8.07. The van der Waals surface area contributed by atoms with Crippen LogP contribution in [0.3, 0.4) is 0 Å². The topological polar surface area (TPSA) is 80.7 Å². The van der Waals surface area contributed by atoms with E-state index in [1.807, 2.05) is 24.3 Å². The molecular formula is C10H7BrN4O. The Hall–Kier alpha value is -1.82. The summed E-state index contributed by atoms with van der Waals surface area (Å²) in [6, 6.07) is 7.93. The molecule has 3 rings (SSSR count). The molecule has 5 nitrogen and oxygen atoms in total. The van der Waals surface area contributed by atoms with E-state index in [2.05, 4.69) is 31.1 Å². The Morgan fingerprint density at radius 2 is 2.19 bits per heavy atom. The lowest BCUT2D eigenvalue weighted by atomic mass is 10.2. The van der Waals surface area contributed by atoms with Crippen molar-refractivity contribution in [3.63, 3.8) is 0 Å². The number of nitrogens with one attached hydrogen (secondary N) is 1. The molecule has 0 atom stereocenters. The molecule has 2 aromatic heterocycles. The fourth-order valence-electron chi connectivity index (χ4n) is 1.58. The van der Waals surface area contributed by atoms with Crippen LogP contribution >= 0.6 is 15.9 Å². The van der Waals surface area contributed by atoms with E-state index in [1.165, 1.54) is 0 Å². The average molecular weight is 279 g/mol. The maximum Gasteiger partial charge on any atom is 0.313 e. The van der Waals surface area contributed by atoms with Gasteiger partial charge in [-0.05, 0) is 28.1 Å². The number of nitrogen functional groups attached to an aromatic ring is 1. The first kappa shape index (κ1) is 9.41. The fourth-order valence-corrected chi connectivity index (χ4v) is 2.06. The minimum atomic E-state index is 0.0627. The smallest absolute Gasteiger partial charge is 0.313 e. The Morgan fingerprint density at radius 1 is 1.31 bits per heavy atom. The molecule has 0 aliphatic heterocycles. The molecule has 3 N–H and O–H groups in total. The molecule has 0 aliphatic rings. The predicted octanol–water partition coefficient (Wildman–Crippen LogP) is 2.56. The molecule has 2 heterocycles. The van der Waals surface area contributed by atoms with Crippen LogP contribution in [-0.4, -0.2) is 15.2 Å². The molecule has 0 spiro atoms. The van der Waals surface area contributed by atoms with Crippen molar-refractivity contribution in [3.8, 4) is 11.6 Å². The second-order valence-electron chi connectivity index (χ2n) is 3.33. The van der Waals surface area contributed by atoms with Crippen LogP contribution in [0.1, 0.15) is 0 Å². The third kappa shape index (κ3) is 1.38. The van der Waals surface area contributed by atoms with Crippen LogP contribution in [0.2, 0.25) is 0 Å². The molecule has 80 valence electrons. The summed E-state index contributed by atoms with van der Waals surface area (Å²) in [6.45, 7) is 0. The first-order valence-corrected chi connectivity index (χ1v) is 5.40.